The Balaban J connectivity index is 1.37. The van der Waals surface area contributed by atoms with E-state index in [1.807, 2.05) is 0 Å². The van der Waals surface area contributed by atoms with E-state index in [1.54, 1.807) is 18.2 Å². The Morgan fingerprint density at radius 1 is 1.11 bits per heavy atom. The van der Waals surface area contributed by atoms with Crippen LogP contribution in [0.5, 0.6) is 11.5 Å². The minimum atomic E-state index is -0.678. The summed E-state index contributed by atoms with van der Waals surface area (Å²) in [7, 11) is 2.68. The van der Waals surface area contributed by atoms with E-state index in [2.05, 4.69) is 20.7 Å². The molecule has 0 N–H and O–H groups in total. The second-order valence-corrected chi connectivity index (χ2v) is 11.8. The van der Waals surface area contributed by atoms with E-state index in [1.165, 1.54) is 33.5 Å². The predicted molar refractivity (Wildman–Crippen MR) is 132 cm³/mol. The van der Waals surface area contributed by atoms with Gasteiger partial charge in [-0.2, -0.15) is 0 Å². The molecule has 0 atom stereocenters. The summed E-state index contributed by atoms with van der Waals surface area (Å²) < 4.78 is 16.6. The number of ether oxygens (including phenoxy) is 3. The van der Waals surface area contributed by atoms with E-state index in [0.29, 0.717) is 39.3 Å². The van der Waals surface area contributed by atoms with Crippen LogP contribution in [0.2, 0.25) is 0 Å². The molecule has 0 unspecified atom stereocenters. The molecule has 186 valence electrons. The fraction of sp³-hybridized carbons (Fsp3) is 0.520. The second kappa shape index (κ2) is 9.28. The maximum absolute atomic E-state index is 13.4. The van der Waals surface area contributed by atoms with Gasteiger partial charge >= 0.3 is 11.9 Å². The van der Waals surface area contributed by atoms with Crippen LogP contribution in [0.15, 0.2) is 21.5 Å². The number of carbonyl (C=O) groups is 4. The van der Waals surface area contributed by atoms with E-state index in [9.17, 15) is 19.2 Å². The largest absolute Gasteiger partial charge is 0.493 e. The van der Waals surface area contributed by atoms with Gasteiger partial charge in [-0.15, -0.1) is 0 Å². The predicted octanol–water partition coefficient (Wildman–Crippen LogP) is 4.79. The van der Waals surface area contributed by atoms with Crippen molar-refractivity contribution in [2.75, 3.05) is 20.8 Å². The topological polar surface area (TPSA) is 99.2 Å². The van der Waals surface area contributed by atoms with Gasteiger partial charge in [0, 0.05) is 0 Å². The van der Waals surface area contributed by atoms with E-state index >= 15 is 0 Å². The van der Waals surface area contributed by atoms with Gasteiger partial charge in [0.25, 0.3) is 11.1 Å². The third kappa shape index (κ3) is 4.50. The first-order chi connectivity index (χ1) is 16.7. The van der Waals surface area contributed by atoms with Crippen LogP contribution in [0.25, 0.3) is 6.08 Å². The first kappa shape index (κ1) is 24.4. The molecule has 0 aromatic heterocycles. The lowest BCUT2D eigenvalue weighted by Gasteiger charge is -2.55. The van der Waals surface area contributed by atoms with Crippen molar-refractivity contribution in [3.8, 4) is 11.5 Å². The molecule has 1 aromatic carbocycles. The molecule has 0 spiro atoms. The zero-order valence-electron chi connectivity index (χ0n) is 19.5. The van der Waals surface area contributed by atoms with E-state index in [-0.39, 0.29) is 10.9 Å². The normalized spacial score (nSPS) is 30.2. The molecular weight excluding hydrogens is 538 g/mol. The molecule has 1 aromatic rings. The number of nitrogens with zero attached hydrogens (tertiary/aromatic N) is 1. The molecule has 8 nitrogen and oxygen atoms in total. The summed E-state index contributed by atoms with van der Waals surface area (Å²) >= 11 is 4.24. The number of halogens is 1. The monoisotopic (exact) mass is 563 g/mol. The van der Waals surface area contributed by atoms with Gasteiger partial charge in [0.15, 0.2) is 11.5 Å². The molecule has 5 aliphatic rings. The number of carbonyl (C=O) groups excluding carboxylic acids is 4. The van der Waals surface area contributed by atoms with Crippen LogP contribution in [0.4, 0.5) is 4.79 Å². The molecule has 1 heterocycles. The molecule has 0 radical (unpaired) electrons. The number of thioether (sulfide) groups is 1. The lowest BCUT2D eigenvalue weighted by molar-refractivity contribution is -0.161. The van der Waals surface area contributed by atoms with Crippen molar-refractivity contribution in [3.63, 3.8) is 0 Å². The zero-order valence-corrected chi connectivity index (χ0v) is 21.9. The quantitative estimate of drug-likeness (QED) is 0.277. The fourth-order valence-corrected chi connectivity index (χ4v) is 7.84. The Morgan fingerprint density at radius 2 is 1.74 bits per heavy atom. The number of hydrogen-bond donors (Lipinski definition) is 0. The van der Waals surface area contributed by atoms with E-state index in [0.717, 1.165) is 35.9 Å². The molecule has 1 saturated heterocycles. The van der Waals surface area contributed by atoms with Gasteiger partial charge in [-0.05, 0) is 108 Å². The summed E-state index contributed by atoms with van der Waals surface area (Å²) in [4.78, 5) is 50.8. The SMILES string of the molecule is COC(=O)CN1C(=O)S/C(=C\c2cc(Br)c(OC(=O)C34CC5CC(CC(C5)C3)C4)c(OC)c2)C1=O. The van der Waals surface area contributed by atoms with Crippen molar-refractivity contribution < 1.29 is 33.4 Å². The van der Waals surface area contributed by atoms with Gasteiger partial charge in [-0.3, -0.25) is 24.1 Å². The lowest BCUT2D eigenvalue weighted by atomic mass is 9.49. The van der Waals surface area contributed by atoms with Crippen LogP contribution in [0.3, 0.4) is 0 Å². The molecule has 2 amide bonds. The van der Waals surface area contributed by atoms with Crippen molar-refractivity contribution in [3.05, 3.63) is 27.1 Å². The highest BCUT2D eigenvalue weighted by Crippen LogP contribution is 2.60. The van der Waals surface area contributed by atoms with Crippen molar-refractivity contribution in [2.45, 2.75) is 38.5 Å². The average molecular weight is 564 g/mol. The number of esters is 2. The summed E-state index contributed by atoms with van der Waals surface area (Å²) in [6.45, 7) is -0.440. The van der Waals surface area contributed by atoms with Crippen molar-refractivity contribution >= 4 is 56.9 Å². The van der Waals surface area contributed by atoms with Crippen molar-refractivity contribution in [2.24, 2.45) is 23.2 Å². The summed E-state index contributed by atoms with van der Waals surface area (Å²) in [6.07, 6.45) is 7.95. The maximum atomic E-state index is 13.4. The third-order valence-corrected chi connectivity index (χ3v) is 9.10. The molecule has 5 fully saturated rings. The van der Waals surface area contributed by atoms with Gasteiger partial charge in [-0.25, -0.2) is 0 Å². The Hall–Kier alpha value is -2.33. The van der Waals surface area contributed by atoms with Crippen molar-refractivity contribution in [1.29, 1.82) is 0 Å². The maximum Gasteiger partial charge on any atom is 0.325 e. The van der Waals surface area contributed by atoms with Gasteiger partial charge < -0.3 is 14.2 Å². The second-order valence-electron chi connectivity index (χ2n) is 9.97. The van der Waals surface area contributed by atoms with Gasteiger partial charge in [0.1, 0.15) is 6.54 Å². The van der Waals surface area contributed by atoms with Crippen LogP contribution in [-0.4, -0.2) is 48.7 Å². The highest BCUT2D eigenvalue weighted by atomic mass is 79.9. The van der Waals surface area contributed by atoms with Crippen LogP contribution in [0, 0.1) is 23.2 Å². The van der Waals surface area contributed by atoms with Crippen LogP contribution >= 0.6 is 27.7 Å². The molecule has 4 saturated carbocycles. The first-order valence-electron chi connectivity index (χ1n) is 11.6. The molecule has 4 bridgehead atoms. The Morgan fingerprint density at radius 3 is 2.31 bits per heavy atom. The molecule has 6 rings (SSSR count). The third-order valence-electron chi connectivity index (χ3n) is 7.60. The van der Waals surface area contributed by atoms with Crippen LogP contribution < -0.4 is 9.47 Å². The minimum Gasteiger partial charge on any atom is -0.493 e. The van der Waals surface area contributed by atoms with Gasteiger partial charge in [0.2, 0.25) is 0 Å². The minimum absolute atomic E-state index is 0.172. The first-order valence-corrected chi connectivity index (χ1v) is 13.2. The standard InChI is InChI=1S/C25H26BrNO7S/c1-32-18-7-13(8-19-22(29)27(24(31)35-19)12-20(28)33-2)6-17(26)21(18)34-23(30)25-9-14-3-15(10-25)5-16(4-14)11-25/h6-8,14-16H,3-5,9-12H2,1-2H3/b19-8-. The van der Waals surface area contributed by atoms with Crippen LogP contribution in [0.1, 0.15) is 44.1 Å². The molecule has 35 heavy (non-hydrogen) atoms. The van der Waals surface area contributed by atoms with Gasteiger partial charge in [0.05, 0.1) is 29.0 Å². The summed E-state index contributed by atoms with van der Waals surface area (Å²) in [5.41, 5.74) is 0.169. The Kier molecular flexibility index (Phi) is 6.46. The summed E-state index contributed by atoms with van der Waals surface area (Å²) in [5, 5.41) is -0.543. The molecular formula is C25H26BrNO7S. The lowest BCUT2D eigenvalue weighted by Crippen LogP contribution is -2.51. The highest BCUT2D eigenvalue weighted by molar-refractivity contribution is 9.10. The Bertz CT molecular complexity index is 1110. The fourth-order valence-electron chi connectivity index (χ4n) is 6.47. The zero-order chi connectivity index (χ0) is 24.9. The Labute approximate surface area is 215 Å². The van der Waals surface area contributed by atoms with Crippen molar-refractivity contribution in [1.82, 2.24) is 4.90 Å². The average Bonchev–Trinajstić information content (AvgIpc) is 3.06. The molecule has 4 aliphatic carbocycles. The van der Waals surface area contributed by atoms with Gasteiger partial charge in [-0.1, -0.05) is 0 Å². The smallest absolute Gasteiger partial charge is 0.325 e. The summed E-state index contributed by atoms with van der Waals surface area (Å²) in [6, 6.07) is 3.36. The molecule has 10 heteroatoms. The molecule has 1 aliphatic heterocycles. The summed E-state index contributed by atoms with van der Waals surface area (Å²) in [5.74, 6) is 1.08. The number of rotatable bonds is 6. The highest BCUT2D eigenvalue weighted by Gasteiger charge is 2.55. The number of hydrogen-bond acceptors (Lipinski definition) is 8. The van der Waals surface area contributed by atoms with E-state index < -0.39 is 29.1 Å². The number of benzene rings is 1. The number of methoxy groups -OCH3 is 2. The number of imide groups is 1. The number of amides is 2. The van der Waals surface area contributed by atoms with Crippen LogP contribution in [-0.2, 0) is 19.1 Å². The van der Waals surface area contributed by atoms with E-state index in [4.69, 9.17) is 9.47 Å².